The van der Waals surface area contributed by atoms with Crippen molar-refractivity contribution in [1.82, 2.24) is 0 Å². The summed E-state index contributed by atoms with van der Waals surface area (Å²) >= 11 is 1.76. The van der Waals surface area contributed by atoms with Crippen LogP contribution in [-0.4, -0.2) is 18.3 Å². The van der Waals surface area contributed by atoms with E-state index in [2.05, 4.69) is 77.1 Å². The minimum absolute atomic E-state index is 0.310. The highest BCUT2D eigenvalue weighted by molar-refractivity contribution is 7.99. The van der Waals surface area contributed by atoms with Gasteiger partial charge in [-0.2, -0.15) is 0 Å². The Hall–Kier alpha value is -1.23. The Bertz CT molecular complexity index is 682. The first kappa shape index (κ1) is 16.6. The predicted molar refractivity (Wildman–Crippen MR) is 97.5 cm³/mol. The van der Waals surface area contributed by atoms with Gasteiger partial charge in [-0.25, -0.2) is 0 Å². The number of benzene rings is 2. The molecule has 0 unspecified atom stereocenters. The predicted octanol–water partition coefficient (Wildman–Crippen LogP) is 4.45. The van der Waals surface area contributed by atoms with E-state index in [4.69, 9.17) is 9.31 Å². The molecule has 1 heterocycles. The lowest BCUT2D eigenvalue weighted by Crippen LogP contribution is -2.41. The van der Waals surface area contributed by atoms with Crippen molar-refractivity contribution < 1.29 is 9.31 Å². The van der Waals surface area contributed by atoms with Crippen molar-refractivity contribution >= 4 is 24.3 Å². The molecule has 2 aromatic rings. The fourth-order valence-corrected chi connectivity index (χ4v) is 3.58. The fourth-order valence-electron chi connectivity index (χ4n) is 2.58. The van der Waals surface area contributed by atoms with Gasteiger partial charge < -0.3 is 9.31 Å². The summed E-state index contributed by atoms with van der Waals surface area (Å²) in [5.74, 6) is 0. The van der Waals surface area contributed by atoms with Gasteiger partial charge in [0.25, 0.3) is 0 Å². The van der Waals surface area contributed by atoms with Crippen LogP contribution in [0.25, 0.3) is 0 Å². The Morgan fingerprint density at radius 2 is 1.43 bits per heavy atom. The van der Waals surface area contributed by atoms with Crippen molar-refractivity contribution in [3.63, 3.8) is 0 Å². The molecule has 0 bridgehead atoms. The van der Waals surface area contributed by atoms with E-state index in [1.165, 1.54) is 15.4 Å². The number of hydrogen-bond donors (Lipinski definition) is 0. The zero-order valence-corrected chi connectivity index (χ0v) is 15.2. The smallest absolute Gasteiger partial charge is 0.399 e. The van der Waals surface area contributed by atoms with Gasteiger partial charge in [0.15, 0.2) is 0 Å². The summed E-state index contributed by atoms with van der Waals surface area (Å²) in [5, 5.41) is 0. The number of hydrogen-bond acceptors (Lipinski definition) is 3. The maximum absolute atomic E-state index is 6.18. The quantitative estimate of drug-likeness (QED) is 0.777. The van der Waals surface area contributed by atoms with Crippen LogP contribution in [0.3, 0.4) is 0 Å². The second kappa shape index (κ2) is 6.01. The molecule has 0 N–H and O–H groups in total. The first-order chi connectivity index (χ1) is 10.8. The van der Waals surface area contributed by atoms with Crippen molar-refractivity contribution in [2.45, 2.75) is 55.6 Å². The highest BCUT2D eigenvalue weighted by Crippen LogP contribution is 2.37. The molecular weight excluding hydrogens is 303 g/mol. The molecule has 0 amide bonds. The van der Waals surface area contributed by atoms with Crippen LogP contribution in [0.15, 0.2) is 58.3 Å². The summed E-state index contributed by atoms with van der Waals surface area (Å²) in [4.78, 5) is 2.44. The van der Waals surface area contributed by atoms with Gasteiger partial charge in [-0.1, -0.05) is 41.6 Å². The Morgan fingerprint density at radius 3 is 2.04 bits per heavy atom. The molecule has 1 saturated heterocycles. The lowest BCUT2D eigenvalue weighted by Gasteiger charge is -2.32. The third-order valence-electron chi connectivity index (χ3n) is 4.58. The van der Waals surface area contributed by atoms with Crippen LogP contribution in [0, 0.1) is 6.92 Å². The monoisotopic (exact) mass is 326 g/mol. The van der Waals surface area contributed by atoms with Crippen molar-refractivity contribution in [2.24, 2.45) is 0 Å². The lowest BCUT2D eigenvalue weighted by molar-refractivity contribution is 0.00578. The van der Waals surface area contributed by atoms with Crippen molar-refractivity contribution in [3.8, 4) is 0 Å². The second-order valence-electron chi connectivity index (χ2n) is 7.08. The van der Waals surface area contributed by atoms with Crippen LogP contribution >= 0.6 is 11.8 Å². The van der Waals surface area contributed by atoms with Gasteiger partial charge in [0, 0.05) is 9.79 Å². The SMILES string of the molecule is Cc1cc(Sc2ccccc2)cc(B2OC(C)(C)C(C)(C)O2)c1. The van der Waals surface area contributed by atoms with E-state index >= 15 is 0 Å². The summed E-state index contributed by atoms with van der Waals surface area (Å²) in [6.07, 6.45) is 0. The molecule has 2 nitrogen and oxygen atoms in total. The van der Waals surface area contributed by atoms with Gasteiger partial charge in [0.1, 0.15) is 0 Å². The van der Waals surface area contributed by atoms with Crippen molar-refractivity contribution in [2.75, 3.05) is 0 Å². The van der Waals surface area contributed by atoms with Gasteiger partial charge >= 0.3 is 7.12 Å². The highest BCUT2D eigenvalue weighted by atomic mass is 32.2. The van der Waals surface area contributed by atoms with E-state index in [0.29, 0.717) is 0 Å². The largest absolute Gasteiger partial charge is 0.494 e. The Morgan fingerprint density at radius 1 is 0.826 bits per heavy atom. The third-order valence-corrected chi connectivity index (χ3v) is 5.56. The highest BCUT2D eigenvalue weighted by Gasteiger charge is 2.51. The summed E-state index contributed by atoms with van der Waals surface area (Å²) in [5.41, 5.74) is 1.68. The van der Waals surface area contributed by atoms with Gasteiger partial charge in [0.2, 0.25) is 0 Å². The first-order valence-corrected chi connectivity index (χ1v) is 8.79. The average Bonchev–Trinajstić information content (AvgIpc) is 2.68. The molecule has 0 aromatic heterocycles. The molecule has 2 aromatic carbocycles. The lowest BCUT2D eigenvalue weighted by atomic mass is 9.78. The van der Waals surface area contributed by atoms with Crippen LogP contribution in [0.2, 0.25) is 0 Å². The molecule has 0 radical (unpaired) electrons. The molecule has 1 fully saturated rings. The molecule has 0 aliphatic carbocycles. The van der Waals surface area contributed by atoms with Crippen molar-refractivity contribution in [3.05, 3.63) is 54.1 Å². The molecule has 1 aliphatic rings. The third kappa shape index (κ3) is 3.49. The summed E-state index contributed by atoms with van der Waals surface area (Å²) in [6.45, 7) is 10.5. The summed E-state index contributed by atoms with van der Waals surface area (Å²) < 4.78 is 12.4. The average molecular weight is 326 g/mol. The number of rotatable bonds is 3. The molecular formula is C19H23BO2S. The zero-order valence-electron chi connectivity index (χ0n) is 14.4. The Kier molecular flexibility index (Phi) is 4.34. The summed E-state index contributed by atoms with van der Waals surface area (Å²) in [6, 6.07) is 16.9. The van der Waals surface area contributed by atoms with Gasteiger partial charge in [-0.05, 0) is 64.3 Å². The number of aryl methyl sites for hydroxylation is 1. The van der Waals surface area contributed by atoms with Crippen LogP contribution in [0.1, 0.15) is 33.3 Å². The Labute approximate surface area is 143 Å². The van der Waals surface area contributed by atoms with E-state index in [1.54, 1.807) is 11.8 Å². The van der Waals surface area contributed by atoms with E-state index in [9.17, 15) is 0 Å². The van der Waals surface area contributed by atoms with Crippen LogP contribution in [0.4, 0.5) is 0 Å². The van der Waals surface area contributed by atoms with Gasteiger partial charge in [-0.3, -0.25) is 0 Å². The molecule has 23 heavy (non-hydrogen) atoms. The van der Waals surface area contributed by atoms with E-state index in [1.807, 2.05) is 6.07 Å². The van der Waals surface area contributed by atoms with Gasteiger partial charge in [0.05, 0.1) is 11.2 Å². The first-order valence-electron chi connectivity index (χ1n) is 7.97. The molecule has 0 saturated carbocycles. The molecule has 120 valence electrons. The molecule has 3 rings (SSSR count). The topological polar surface area (TPSA) is 18.5 Å². The standard InChI is InChI=1S/C19H23BO2S/c1-14-11-15(20-21-18(2,3)19(4,5)22-20)13-17(12-14)23-16-9-7-6-8-10-16/h6-13H,1-5H3. The van der Waals surface area contributed by atoms with E-state index in [0.717, 1.165) is 5.46 Å². The minimum atomic E-state index is -0.311. The molecule has 0 spiro atoms. The Balaban J connectivity index is 1.87. The maximum atomic E-state index is 6.18. The summed E-state index contributed by atoms with van der Waals surface area (Å²) in [7, 11) is -0.310. The normalized spacial score (nSPS) is 19.1. The minimum Gasteiger partial charge on any atom is -0.399 e. The molecule has 4 heteroatoms. The molecule has 0 atom stereocenters. The maximum Gasteiger partial charge on any atom is 0.494 e. The van der Waals surface area contributed by atoms with Gasteiger partial charge in [-0.15, -0.1) is 0 Å². The van der Waals surface area contributed by atoms with E-state index in [-0.39, 0.29) is 18.3 Å². The van der Waals surface area contributed by atoms with E-state index < -0.39 is 0 Å². The van der Waals surface area contributed by atoms with Crippen LogP contribution in [0.5, 0.6) is 0 Å². The molecule has 1 aliphatic heterocycles. The fraction of sp³-hybridized carbons (Fsp3) is 0.368. The van der Waals surface area contributed by atoms with Crippen molar-refractivity contribution in [1.29, 1.82) is 0 Å². The zero-order chi connectivity index (χ0) is 16.7. The second-order valence-corrected chi connectivity index (χ2v) is 8.23. The van der Waals surface area contributed by atoms with Crippen LogP contribution < -0.4 is 5.46 Å². The van der Waals surface area contributed by atoms with Crippen LogP contribution in [-0.2, 0) is 9.31 Å².